The minimum absolute atomic E-state index is 0.0297. The Hall–Kier alpha value is -1.22. The van der Waals surface area contributed by atoms with Crippen LogP contribution in [0.2, 0.25) is 5.02 Å². The van der Waals surface area contributed by atoms with Crippen LogP contribution in [0.25, 0.3) is 0 Å². The van der Waals surface area contributed by atoms with Crippen molar-refractivity contribution in [2.75, 3.05) is 12.8 Å². The number of nitrogens with two attached hydrogens (primary N) is 1. The first-order valence-corrected chi connectivity index (χ1v) is 7.20. The van der Waals surface area contributed by atoms with E-state index in [-0.39, 0.29) is 5.91 Å². The number of carbonyl (C=O) groups is 1. The van der Waals surface area contributed by atoms with Crippen molar-refractivity contribution in [3.8, 4) is 0 Å². The van der Waals surface area contributed by atoms with Gasteiger partial charge in [0.05, 0.1) is 10.7 Å². The predicted molar refractivity (Wildman–Crippen MR) is 79.4 cm³/mol. The molecule has 1 saturated carbocycles. The molecule has 1 aliphatic rings. The Kier molecular flexibility index (Phi) is 4.35. The molecule has 1 amide bonds. The molecule has 2 unspecified atom stereocenters. The molecule has 4 heteroatoms. The van der Waals surface area contributed by atoms with Gasteiger partial charge in [-0.05, 0) is 37.0 Å². The lowest BCUT2D eigenvalue weighted by Gasteiger charge is -2.36. The number of hydrogen-bond donors (Lipinski definition) is 1. The number of hydrogen-bond acceptors (Lipinski definition) is 2. The number of nitrogen functional groups attached to an aromatic ring is 1. The highest BCUT2D eigenvalue weighted by molar-refractivity contribution is 6.33. The van der Waals surface area contributed by atoms with Crippen molar-refractivity contribution < 1.29 is 4.79 Å². The van der Waals surface area contributed by atoms with Crippen molar-refractivity contribution >= 4 is 23.2 Å². The average Bonchev–Trinajstić information content (AvgIpc) is 2.41. The third-order valence-electron chi connectivity index (χ3n) is 4.13. The lowest BCUT2D eigenvalue weighted by atomic mass is 9.85. The fourth-order valence-corrected chi connectivity index (χ4v) is 3.02. The van der Waals surface area contributed by atoms with Gasteiger partial charge in [0.15, 0.2) is 0 Å². The molecule has 3 nitrogen and oxygen atoms in total. The van der Waals surface area contributed by atoms with Crippen LogP contribution in [0.4, 0.5) is 5.69 Å². The van der Waals surface area contributed by atoms with Gasteiger partial charge in [-0.3, -0.25) is 4.79 Å². The van der Waals surface area contributed by atoms with Crippen LogP contribution in [-0.2, 0) is 0 Å². The average molecular weight is 281 g/mol. The molecular formula is C15H21ClN2O. The summed E-state index contributed by atoms with van der Waals surface area (Å²) in [4.78, 5) is 14.3. The number of rotatable bonds is 2. The van der Waals surface area contributed by atoms with Gasteiger partial charge in [-0.2, -0.15) is 0 Å². The summed E-state index contributed by atoms with van der Waals surface area (Å²) in [5, 5.41) is 0.491. The second-order valence-corrected chi connectivity index (χ2v) is 5.89. The molecule has 1 fully saturated rings. The molecule has 0 saturated heterocycles. The SMILES string of the molecule is CC1CCCCC1N(C)C(=O)c1ccc(Cl)c(N)c1. The highest BCUT2D eigenvalue weighted by atomic mass is 35.5. The molecule has 19 heavy (non-hydrogen) atoms. The molecule has 0 aromatic heterocycles. The van der Waals surface area contributed by atoms with Crippen LogP contribution in [0.3, 0.4) is 0 Å². The van der Waals surface area contributed by atoms with Crippen LogP contribution in [0.15, 0.2) is 18.2 Å². The van der Waals surface area contributed by atoms with Gasteiger partial charge in [0, 0.05) is 18.7 Å². The Morgan fingerprint density at radius 1 is 1.37 bits per heavy atom. The van der Waals surface area contributed by atoms with E-state index in [1.165, 1.54) is 19.3 Å². The highest BCUT2D eigenvalue weighted by Crippen LogP contribution is 2.29. The van der Waals surface area contributed by atoms with Crippen molar-refractivity contribution in [1.29, 1.82) is 0 Å². The molecule has 0 heterocycles. The topological polar surface area (TPSA) is 46.3 Å². The quantitative estimate of drug-likeness (QED) is 0.842. The number of halogens is 1. The van der Waals surface area contributed by atoms with Crippen molar-refractivity contribution in [2.45, 2.75) is 38.6 Å². The molecule has 0 radical (unpaired) electrons. The first-order valence-electron chi connectivity index (χ1n) is 6.83. The molecule has 0 aliphatic heterocycles. The number of amides is 1. The van der Waals surface area contributed by atoms with E-state index in [1.807, 2.05) is 11.9 Å². The second kappa shape index (κ2) is 5.83. The molecule has 1 aromatic rings. The second-order valence-electron chi connectivity index (χ2n) is 5.48. The molecule has 104 valence electrons. The van der Waals surface area contributed by atoms with Gasteiger partial charge in [-0.15, -0.1) is 0 Å². The van der Waals surface area contributed by atoms with E-state index in [2.05, 4.69) is 6.92 Å². The lowest BCUT2D eigenvalue weighted by Crippen LogP contribution is -2.42. The van der Waals surface area contributed by atoms with Crippen molar-refractivity contribution in [3.63, 3.8) is 0 Å². The fraction of sp³-hybridized carbons (Fsp3) is 0.533. The van der Waals surface area contributed by atoms with Crippen LogP contribution in [-0.4, -0.2) is 23.9 Å². The zero-order valence-electron chi connectivity index (χ0n) is 11.5. The maximum atomic E-state index is 12.5. The monoisotopic (exact) mass is 280 g/mol. The van der Waals surface area contributed by atoms with E-state index in [0.29, 0.717) is 28.2 Å². The van der Waals surface area contributed by atoms with Gasteiger partial charge in [-0.25, -0.2) is 0 Å². The number of anilines is 1. The summed E-state index contributed by atoms with van der Waals surface area (Å²) in [6.07, 6.45) is 4.76. The van der Waals surface area contributed by atoms with E-state index in [4.69, 9.17) is 17.3 Å². The molecule has 1 aliphatic carbocycles. The molecule has 0 bridgehead atoms. The molecule has 2 N–H and O–H groups in total. The van der Waals surface area contributed by atoms with Crippen molar-refractivity contribution in [3.05, 3.63) is 28.8 Å². The number of carbonyl (C=O) groups excluding carboxylic acids is 1. The number of nitrogens with zero attached hydrogens (tertiary/aromatic N) is 1. The molecule has 2 rings (SSSR count). The Morgan fingerprint density at radius 3 is 2.68 bits per heavy atom. The summed E-state index contributed by atoms with van der Waals surface area (Å²) >= 11 is 5.89. The van der Waals surface area contributed by atoms with Gasteiger partial charge >= 0.3 is 0 Å². The third-order valence-corrected chi connectivity index (χ3v) is 4.47. The third kappa shape index (κ3) is 3.03. The molecule has 1 aromatic carbocycles. The van der Waals surface area contributed by atoms with Gasteiger partial charge in [-0.1, -0.05) is 31.4 Å². The molecular weight excluding hydrogens is 260 g/mol. The van der Waals surface area contributed by atoms with E-state index in [0.717, 1.165) is 6.42 Å². The summed E-state index contributed by atoms with van der Waals surface area (Å²) in [5.41, 5.74) is 6.83. The highest BCUT2D eigenvalue weighted by Gasteiger charge is 2.28. The fourth-order valence-electron chi connectivity index (χ4n) is 2.90. The normalized spacial score (nSPS) is 23.1. The summed E-state index contributed by atoms with van der Waals surface area (Å²) in [6.45, 7) is 2.23. The van der Waals surface area contributed by atoms with Crippen LogP contribution in [0.1, 0.15) is 43.0 Å². The minimum Gasteiger partial charge on any atom is -0.398 e. The Balaban J connectivity index is 2.15. The minimum atomic E-state index is 0.0297. The van der Waals surface area contributed by atoms with Gasteiger partial charge in [0.25, 0.3) is 5.91 Å². The lowest BCUT2D eigenvalue weighted by molar-refractivity contribution is 0.0629. The van der Waals surface area contributed by atoms with Gasteiger partial charge < -0.3 is 10.6 Å². The zero-order chi connectivity index (χ0) is 14.0. The summed E-state index contributed by atoms with van der Waals surface area (Å²) < 4.78 is 0. The van der Waals surface area contributed by atoms with E-state index in [1.54, 1.807) is 18.2 Å². The summed E-state index contributed by atoms with van der Waals surface area (Å²) in [6, 6.07) is 5.42. The van der Waals surface area contributed by atoms with Crippen LogP contribution >= 0.6 is 11.6 Å². The Bertz CT molecular complexity index is 475. The van der Waals surface area contributed by atoms with Crippen LogP contribution in [0, 0.1) is 5.92 Å². The van der Waals surface area contributed by atoms with Gasteiger partial charge in [0.2, 0.25) is 0 Å². The van der Waals surface area contributed by atoms with Crippen molar-refractivity contribution in [1.82, 2.24) is 4.90 Å². The smallest absolute Gasteiger partial charge is 0.253 e. The maximum absolute atomic E-state index is 12.5. The van der Waals surface area contributed by atoms with Crippen molar-refractivity contribution in [2.24, 2.45) is 5.92 Å². The first-order chi connectivity index (χ1) is 9.00. The standard InChI is InChI=1S/C15H21ClN2O/c1-10-5-3-4-6-14(10)18(2)15(19)11-7-8-12(16)13(17)9-11/h7-10,14H,3-6,17H2,1-2H3. The maximum Gasteiger partial charge on any atom is 0.253 e. The summed E-state index contributed by atoms with van der Waals surface area (Å²) in [7, 11) is 1.89. The predicted octanol–water partition coefficient (Wildman–Crippen LogP) is 3.57. The van der Waals surface area contributed by atoms with Crippen LogP contribution < -0.4 is 5.73 Å². The largest absolute Gasteiger partial charge is 0.398 e. The zero-order valence-corrected chi connectivity index (χ0v) is 12.3. The first kappa shape index (κ1) is 14.2. The van der Waals surface area contributed by atoms with Gasteiger partial charge in [0.1, 0.15) is 0 Å². The Labute approximate surface area is 119 Å². The number of benzene rings is 1. The summed E-state index contributed by atoms with van der Waals surface area (Å²) in [5.74, 6) is 0.592. The molecule has 2 atom stereocenters. The molecule has 0 spiro atoms. The van der Waals surface area contributed by atoms with E-state index < -0.39 is 0 Å². The van der Waals surface area contributed by atoms with Crippen LogP contribution in [0.5, 0.6) is 0 Å². The Morgan fingerprint density at radius 2 is 2.05 bits per heavy atom. The van der Waals surface area contributed by atoms with E-state index >= 15 is 0 Å². The van der Waals surface area contributed by atoms with E-state index in [9.17, 15) is 4.79 Å².